The van der Waals surface area contributed by atoms with E-state index in [1.807, 2.05) is 14.1 Å². The Morgan fingerprint density at radius 2 is 2.16 bits per heavy atom. The van der Waals surface area contributed by atoms with Crippen LogP contribution in [0.2, 0.25) is 0 Å². The molecule has 31 heavy (non-hydrogen) atoms. The standard InChI is InChI=1S/C21H29N5O5/c1-21(2,3)31-20(28)26-8-9-29-12-17(26)13-30-19(27)24-16-6-7-18(15(10-16)11-22)23-14-25(4)5/h6-7,10,14,17H,8-9,12-13H2,1-5H3,(H,24,27)/t17-/m0/s1. The number of carbonyl (C=O) groups excluding carboxylic acids is 2. The first-order valence-electron chi connectivity index (χ1n) is 9.85. The molecule has 1 N–H and O–H groups in total. The lowest BCUT2D eigenvalue weighted by Gasteiger charge is -2.36. The predicted octanol–water partition coefficient (Wildman–Crippen LogP) is 2.96. The van der Waals surface area contributed by atoms with Crippen LogP contribution in [0.15, 0.2) is 23.2 Å². The van der Waals surface area contributed by atoms with Crippen molar-refractivity contribution in [3.63, 3.8) is 0 Å². The Balaban J connectivity index is 1.96. The summed E-state index contributed by atoms with van der Waals surface area (Å²) in [6.07, 6.45) is 0.403. The highest BCUT2D eigenvalue weighted by molar-refractivity contribution is 5.85. The van der Waals surface area contributed by atoms with Crippen LogP contribution in [0.1, 0.15) is 26.3 Å². The third kappa shape index (κ3) is 7.79. The van der Waals surface area contributed by atoms with Gasteiger partial charge in [0.2, 0.25) is 0 Å². The maximum absolute atomic E-state index is 12.4. The lowest BCUT2D eigenvalue weighted by atomic mass is 10.2. The SMILES string of the molecule is CN(C)C=Nc1ccc(NC(=O)OC[C@@H]2COCCN2C(=O)OC(C)(C)C)cc1C#N. The second-order valence-corrected chi connectivity index (χ2v) is 8.18. The normalized spacial score (nSPS) is 16.5. The van der Waals surface area contributed by atoms with E-state index in [9.17, 15) is 14.9 Å². The van der Waals surface area contributed by atoms with E-state index in [-0.39, 0.29) is 13.2 Å². The molecule has 1 saturated heterocycles. The average Bonchev–Trinajstić information content (AvgIpc) is 2.70. The number of aliphatic imine (C=N–C) groups is 1. The maximum Gasteiger partial charge on any atom is 0.411 e. The number of hydrogen-bond acceptors (Lipinski definition) is 7. The van der Waals surface area contributed by atoms with E-state index in [0.29, 0.717) is 30.1 Å². The number of rotatable bonds is 5. The molecule has 0 bridgehead atoms. The molecule has 10 nitrogen and oxygen atoms in total. The summed E-state index contributed by atoms with van der Waals surface area (Å²) in [4.78, 5) is 32.1. The fraction of sp³-hybridized carbons (Fsp3) is 0.524. The molecule has 2 rings (SSSR count). The lowest BCUT2D eigenvalue weighted by Crippen LogP contribution is -2.52. The molecule has 0 aromatic heterocycles. The van der Waals surface area contributed by atoms with Crippen molar-refractivity contribution < 1.29 is 23.8 Å². The minimum atomic E-state index is -0.705. The number of morpholine rings is 1. The van der Waals surface area contributed by atoms with Crippen LogP contribution < -0.4 is 5.32 Å². The Kier molecular flexibility index (Phi) is 8.22. The minimum Gasteiger partial charge on any atom is -0.447 e. The van der Waals surface area contributed by atoms with Crippen molar-refractivity contribution in [3.05, 3.63) is 23.8 Å². The van der Waals surface area contributed by atoms with Gasteiger partial charge in [-0.3, -0.25) is 10.2 Å². The van der Waals surface area contributed by atoms with Crippen LogP contribution in [0.5, 0.6) is 0 Å². The van der Waals surface area contributed by atoms with Crippen molar-refractivity contribution in [2.24, 2.45) is 4.99 Å². The largest absolute Gasteiger partial charge is 0.447 e. The third-order valence-electron chi connectivity index (χ3n) is 4.05. The first-order valence-corrected chi connectivity index (χ1v) is 9.85. The molecule has 1 aromatic rings. The molecule has 0 radical (unpaired) electrons. The van der Waals surface area contributed by atoms with Gasteiger partial charge in [0.25, 0.3) is 0 Å². The van der Waals surface area contributed by atoms with Gasteiger partial charge in [-0.15, -0.1) is 0 Å². The molecular weight excluding hydrogens is 402 g/mol. The summed E-state index contributed by atoms with van der Waals surface area (Å²) in [5.74, 6) is 0. The Morgan fingerprint density at radius 1 is 1.42 bits per heavy atom. The van der Waals surface area contributed by atoms with Gasteiger partial charge in [0.1, 0.15) is 18.3 Å². The zero-order valence-corrected chi connectivity index (χ0v) is 18.5. The van der Waals surface area contributed by atoms with Crippen LogP contribution in [0.3, 0.4) is 0 Å². The summed E-state index contributed by atoms with van der Waals surface area (Å²) < 4.78 is 16.1. The second kappa shape index (κ2) is 10.6. The molecule has 1 aromatic carbocycles. The molecule has 1 atom stereocenters. The van der Waals surface area contributed by atoms with Gasteiger partial charge < -0.3 is 19.1 Å². The van der Waals surface area contributed by atoms with Crippen LogP contribution in [-0.4, -0.2) is 80.4 Å². The molecule has 0 saturated carbocycles. The van der Waals surface area contributed by atoms with Gasteiger partial charge in [0, 0.05) is 26.3 Å². The summed E-state index contributed by atoms with van der Waals surface area (Å²) in [5.41, 5.74) is 0.573. The molecule has 0 spiro atoms. The highest BCUT2D eigenvalue weighted by Crippen LogP contribution is 2.22. The van der Waals surface area contributed by atoms with Gasteiger partial charge in [-0.1, -0.05) is 0 Å². The smallest absolute Gasteiger partial charge is 0.411 e. The van der Waals surface area contributed by atoms with Gasteiger partial charge in [0.05, 0.1) is 36.8 Å². The second-order valence-electron chi connectivity index (χ2n) is 8.18. The quantitative estimate of drug-likeness (QED) is 0.563. The zero-order valence-electron chi connectivity index (χ0n) is 18.5. The monoisotopic (exact) mass is 431 g/mol. The predicted molar refractivity (Wildman–Crippen MR) is 116 cm³/mol. The first kappa shape index (κ1) is 24.0. The number of ether oxygens (including phenoxy) is 3. The number of nitriles is 1. The van der Waals surface area contributed by atoms with Crippen molar-refractivity contribution >= 4 is 29.9 Å². The molecule has 10 heteroatoms. The van der Waals surface area contributed by atoms with E-state index in [4.69, 9.17) is 14.2 Å². The highest BCUT2D eigenvalue weighted by atomic mass is 16.6. The Hall–Kier alpha value is -3.32. The molecule has 1 fully saturated rings. The number of hydrogen-bond donors (Lipinski definition) is 1. The minimum absolute atomic E-state index is 0.0542. The van der Waals surface area contributed by atoms with E-state index in [1.54, 1.807) is 44.1 Å². The van der Waals surface area contributed by atoms with Crippen molar-refractivity contribution in [2.45, 2.75) is 32.4 Å². The Bertz CT molecular complexity index is 857. The highest BCUT2D eigenvalue weighted by Gasteiger charge is 2.32. The van der Waals surface area contributed by atoms with E-state index >= 15 is 0 Å². The van der Waals surface area contributed by atoms with E-state index in [2.05, 4.69) is 16.4 Å². The van der Waals surface area contributed by atoms with Gasteiger partial charge in [-0.2, -0.15) is 5.26 Å². The summed E-state index contributed by atoms with van der Waals surface area (Å²) in [6.45, 7) is 6.29. The van der Waals surface area contributed by atoms with Crippen molar-refractivity contribution in [2.75, 3.05) is 45.8 Å². The zero-order chi connectivity index (χ0) is 23.0. The van der Waals surface area contributed by atoms with Gasteiger partial charge in [0.15, 0.2) is 0 Å². The molecule has 0 unspecified atom stereocenters. The van der Waals surface area contributed by atoms with Gasteiger partial charge in [-0.25, -0.2) is 14.6 Å². The molecular formula is C21H29N5O5. The number of nitrogens with zero attached hydrogens (tertiary/aromatic N) is 4. The molecule has 1 aliphatic heterocycles. The summed E-state index contributed by atoms with van der Waals surface area (Å²) in [6, 6.07) is 6.38. The molecule has 0 aliphatic carbocycles. The molecule has 168 valence electrons. The van der Waals surface area contributed by atoms with Crippen LogP contribution in [0, 0.1) is 11.3 Å². The van der Waals surface area contributed by atoms with Crippen LogP contribution in [0.25, 0.3) is 0 Å². The maximum atomic E-state index is 12.4. The summed E-state index contributed by atoms with van der Waals surface area (Å²) in [7, 11) is 3.64. The number of anilines is 1. The van der Waals surface area contributed by atoms with Gasteiger partial charge >= 0.3 is 12.2 Å². The lowest BCUT2D eigenvalue weighted by molar-refractivity contribution is -0.0453. The summed E-state index contributed by atoms with van der Waals surface area (Å²) in [5, 5.41) is 11.9. The summed E-state index contributed by atoms with van der Waals surface area (Å²) >= 11 is 0. The van der Waals surface area contributed by atoms with Crippen molar-refractivity contribution in [3.8, 4) is 6.07 Å². The van der Waals surface area contributed by atoms with Crippen molar-refractivity contribution in [1.82, 2.24) is 9.80 Å². The molecule has 1 heterocycles. The van der Waals surface area contributed by atoms with Crippen LogP contribution >= 0.6 is 0 Å². The van der Waals surface area contributed by atoms with Gasteiger partial charge in [-0.05, 0) is 39.0 Å². The van der Waals surface area contributed by atoms with Crippen LogP contribution in [-0.2, 0) is 14.2 Å². The number of benzene rings is 1. The molecule has 1 aliphatic rings. The number of nitrogens with one attached hydrogen (secondary N) is 1. The number of amides is 2. The Labute approximate surface area is 182 Å². The fourth-order valence-corrected chi connectivity index (χ4v) is 2.67. The molecule has 2 amide bonds. The number of carbonyl (C=O) groups is 2. The van der Waals surface area contributed by atoms with Crippen LogP contribution in [0.4, 0.5) is 21.0 Å². The average molecular weight is 431 g/mol. The van der Waals surface area contributed by atoms with E-state index in [0.717, 1.165) is 0 Å². The third-order valence-corrected chi connectivity index (χ3v) is 4.05. The Morgan fingerprint density at radius 3 is 2.81 bits per heavy atom. The van der Waals surface area contributed by atoms with E-state index in [1.165, 1.54) is 11.0 Å². The van der Waals surface area contributed by atoms with E-state index < -0.39 is 23.8 Å². The van der Waals surface area contributed by atoms with Crippen molar-refractivity contribution in [1.29, 1.82) is 5.26 Å². The first-order chi connectivity index (χ1) is 14.6. The topological polar surface area (TPSA) is 116 Å². The fourth-order valence-electron chi connectivity index (χ4n) is 2.67.